The first-order valence-corrected chi connectivity index (χ1v) is 3.06. The lowest BCUT2D eigenvalue weighted by Crippen LogP contribution is -1.90. The first kappa shape index (κ1) is 6.48. The van der Waals surface area contributed by atoms with E-state index < -0.39 is 0 Å². The van der Waals surface area contributed by atoms with Gasteiger partial charge in [-0.1, -0.05) is 0 Å². The van der Waals surface area contributed by atoms with E-state index in [1.165, 1.54) is 6.20 Å². The Kier molecular flexibility index (Phi) is 1.66. The summed E-state index contributed by atoms with van der Waals surface area (Å²) in [7, 11) is 0. The minimum absolute atomic E-state index is 0.190. The van der Waals surface area contributed by atoms with Gasteiger partial charge in [0, 0.05) is 12.3 Å². The second-order valence-electron chi connectivity index (χ2n) is 1.52. The number of nitrogens with two attached hydrogens (primary N) is 1. The highest BCUT2D eigenvalue weighted by Gasteiger charge is 1.96. The maximum absolute atomic E-state index is 12.4. The number of nitrogens with zero attached hydrogens (tertiary/aromatic N) is 1. The van der Waals surface area contributed by atoms with E-state index in [4.69, 9.17) is 5.73 Å². The molecule has 2 N–H and O–H groups in total. The van der Waals surface area contributed by atoms with Crippen molar-refractivity contribution in [2.75, 3.05) is 5.73 Å². The van der Waals surface area contributed by atoms with Gasteiger partial charge in [-0.2, -0.15) is 0 Å². The molecule has 0 aliphatic carbocycles. The van der Waals surface area contributed by atoms with Crippen LogP contribution >= 0.6 is 15.9 Å². The van der Waals surface area contributed by atoms with Crippen molar-refractivity contribution in [3.05, 3.63) is 22.6 Å². The van der Waals surface area contributed by atoms with E-state index in [1.807, 2.05) is 0 Å². The maximum Gasteiger partial charge on any atom is 0.142 e. The van der Waals surface area contributed by atoms with E-state index in [2.05, 4.69) is 20.9 Å². The van der Waals surface area contributed by atoms with Crippen molar-refractivity contribution in [1.82, 2.24) is 4.98 Å². The summed E-state index contributed by atoms with van der Waals surface area (Å²) in [6.45, 7) is 0. The lowest BCUT2D eigenvalue weighted by Gasteiger charge is -1.92. The topological polar surface area (TPSA) is 38.9 Å². The summed E-state index contributed by atoms with van der Waals surface area (Å²) in [6, 6.07) is 1.16. The predicted octanol–water partition coefficient (Wildman–Crippen LogP) is 1.57. The zero-order valence-corrected chi connectivity index (χ0v) is 6.02. The largest absolute Gasteiger partial charge is 0.384 e. The second-order valence-corrected chi connectivity index (χ2v) is 2.38. The van der Waals surface area contributed by atoms with Crippen molar-refractivity contribution >= 4 is 21.7 Å². The van der Waals surface area contributed by atoms with Gasteiger partial charge in [-0.25, -0.2) is 9.37 Å². The van der Waals surface area contributed by atoms with Crippen molar-refractivity contribution in [2.24, 2.45) is 0 Å². The van der Waals surface area contributed by atoms with Crippen LogP contribution in [0.3, 0.4) is 0 Å². The average molecular weight is 191 g/mol. The number of rotatable bonds is 0. The molecule has 0 bridgehead atoms. The Morgan fingerprint density at radius 1 is 1.67 bits per heavy atom. The Hall–Kier alpha value is -0.640. The number of aromatic nitrogens is 1. The van der Waals surface area contributed by atoms with Gasteiger partial charge in [-0.15, -0.1) is 0 Å². The van der Waals surface area contributed by atoms with Gasteiger partial charge < -0.3 is 5.73 Å². The van der Waals surface area contributed by atoms with Crippen LogP contribution in [-0.2, 0) is 0 Å². The first-order valence-electron chi connectivity index (χ1n) is 2.26. The van der Waals surface area contributed by atoms with Crippen LogP contribution in [0.4, 0.5) is 10.2 Å². The van der Waals surface area contributed by atoms with Gasteiger partial charge >= 0.3 is 0 Å². The number of hydrogen-bond acceptors (Lipinski definition) is 2. The molecule has 0 radical (unpaired) electrons. The number of pyridine rings is 1. The molecule has 0 saturated heterocycles. The van der Waals surface area contributed by atoms with Crippen molar-refractivity contribution in [2.45, 2.75) is 0 Å². The van der Waals surface area contributed by atoms with Crippen LogP contribution in [0.2, 0.25) is 0 Å². The molecule has 0 atom stereocenters. The highest BCUT2D eigenvalue weighted by molar-refractivity contribution is 9.10. The predicted molar refractivity (Wildman–Crippen MR) is 36.3 cm³/mol. The number of hydrogen-bond donors (Lipinski definition) is 1. The zero-order valence-electron chi connectivity index (χ0n) is 4.44. The minimum Gasteiger partial charge on any atom is -0.384 e. The van der Waals surface area contributed by atoms with E-state index in [0.717, 1.165) is 6.07 Å². The highest BCUT2D eigenvalue weighted by Crippen LogP contribution is 2.14. The molecular formula is C5H4BrFN2. The molecule has 1 aromatic heterocycles. The zero-order chi connectivity index (χ0) is 6.85. The Bertz CT molecular complexity index is 226. The van der Waals surface area contributed by atoms with Gasteiger partial charge in [-0.3, -0.25) is 0 Å². The van der Waals surface area contributed by atoms with Crippen LogP contribution < -0.4 is 5.73 Å². The minimum atomic E-state index is -0.387. The normalized spacial score (nSPS) is 9.56. The fourth-order valence-electron chi connectivity index (χ4n) is 0.429. The quantitative estimate of drug-likeness (QED) is 0.675. The fourth-order valence-corrected chi connectivity index (χ4v) is 0.646. The summed E-state index contributed by atoms with van der Waals surface area (Å²) in [5, 5.41) is 0. The lowest BCUT2D eigenvalue weighted by molar-refractivity contribution is 0.619. The van der Waals surface area contributed by atoms with Crippen LogP contribution in [0.15, 0.2) is 16.7 Å². The van der Waals surface area contributed by atoms with E-state index in [0.29, 0.717) is 4.47 Å². The Labute approximate surface area is 60.0 Å². The number of nitrogen functional groups attached to an aromatic ring is 1. The molecule has 0 aromatic carbocycles. The monoisotopic (exact) mass is 190 g/mol. The molecule has 9 heavy (non-hydrogen) atoms. The molecule has 0 amide bonds. The standard InChI is InChI=1S/C5H4BrFN2/c6-3-2-9-5(8)1-4(3)7/h1-2H,(H2,8,9). The smallest absolute Gasteiger partial charge is 0.142 e. The van der Waals surface area contributed by atoms with Crippen LogP contribution in [0.1, 0.15) is 0 Å². The van der Waals surface area contributed by atoms with Crippen LogP contribution in [0.5, 0.6) is 0 Å². The van der Waals surface area contributed by atoms with Crippen LogP contribution in [0, 0.1) is 5.82 Å². The third-order valence-electron chi connectivity index (χ3n) is 0.830. The summed E-state index contributed by atoms with van der Waals surface area (Å²) in [6.07, 6.45) is 1.32. The summed E-state index contributed by atoms with van der Waals surface area (Å²) in [5.74, 6) is -0.196. The summed E-state index contributed by atoms with van der Waals surface area (Å²) < 4.78 is 12.7. The third-order valence-corrected chi connectivity index (χ3v) is 1.41. The second kappa shape index (κ2) is 2.31. The molecule has 0 saturated carbocycles. The van der Waals surface area contributed by atoms with Gasteiger partial charge in [0.15, 0.2) is 0 Å². The molecule has 48 valence electrons. The average Bonchev–Trinajstić information content (AvgIpc) is 1.80. The molecule has 0 aliphatic heterocycles. The SMILES string of the molecule is Nc1cc(F)c(Br)cn1. The van der Waals surface area contributed by atoms with Crippen LogP contribution in [-0.4, -0.2) is 4.98 Å². The van der Waals surface area contributed by atoms with Crippen molar-refractivity contribution in [1.29, 1.82) is 0 Å². The molecule has 0 unspecified atom stereocenters. The van der Waals surface area contributed by atoms with Crippen molar-refractivity contribution < 1.29 is 4.39 Å². The Morgan fingerprint density at radius 3 is 2.78 bits per heavy atom. The molecule has 0 spiro atoms. The summed E-state index contributed by atoms with van der Waals surface area (Å²) >= 11 is 2.94. The van der Waals surface area contributed by atoms with Crippen molar-refractivity contribution in [3.63, 3.8) is 0 Å². The summed E-state index contributed by atoms with van der Waals surface area (Å²) in [4.78, 5) is 3.63. The lowest BCUT2D eigenvalue weighted by atomic mass is 10.4. The maximum atomic E-state index is 12.4. The molecule has 1 aromatic rings. The van der Waals surface area contributed by atoms with Crippen molar-refractivity contribution in [3.8, 4) is 0 Å². The van der Waals surface area contributed by atoms with E-state index in [9.17, 15) is 4.39 Å². The molecular weight excluding hydrogens is 187 g/mol. The van der Waals surface area contributed by atoms with E-state index in [1.54, 1.807) is 0 Å². The van der Waals surface area contributed by atoms with Gasteiger partial charge in [0.25, 0.3) is 0 Å². The molecule has 0 aliphatic rings. The Morgan fingerprint density at radius 2 is 2.33 bits per heavy atom. The Balaban J connectivity index is 3.17. The fraction of sp³-hybridized carbons (Fsp3) is 0. The van der Waals surface area contributed by atoms with Gasteiger partial charge in [0.05, 0.1) is 4.47 Å². The summed E-state index contributed by atoms with van der Waals surface area (Å²) in [5.41, 5.74) is 5.16. The third kappa shape index (κ3) is 1.38. The van der Waals surface area contributed by atoms with E-state index in [-0.39, 0.29) is 11.6 Å². The first-order chi connectivity index (χ1) is 4.20. The number of halogens is 2. The van der Waals surface area contributed by atoms with Gasteiger partial charge in [0.2, 0.25) is 0 Å². The van der Waals surface area contributed by atoms with Gasteiger partial charge in [0.1, 0.15) is 11.6 Å². The van der Waals surface area contributed by atoms with E-state index >= 15 is 0 Å². The molecule has 0 fully saturated rings. The van der Waals surface area contributed by atoms with Gasteiger partial charge in [-0.05, 0) is 15.9 Å². The molecule has 2 nitrogen and oxygen atoms in total. The molecule has 1 heterocycles. The van der Waals surface area contributed by atoms with Crippen LogP contribution in [0.25, 0.3) is 0 Å². The highest BCUT2D eigenvalue weighted by atomic mass is 79.9. The molecule has 4 heteroatoms. The molecule has 1 rings (SSSR count). The number of anilines is 1.